The Balaban J connectivity index is 2.20. The molecule has 0 amide bonds. The van der Waals surface area contributed by atoms with Crippen molar-refractivity contribution in [1.29, 1.82) is 0 Å². The van der Waals surface area contributed by atoms with Crippen molar-refractivity contribution in [3.8, 4) is 23.0 Å². The molecule has 1 aliphatic rings. The lowest BCUT2D eigenvalue weighted by Crippen LogP contribution is -2.28. The molecule has 156 valence electrons. The molecule has 4 rings (SSSR count). The molecule has 0 bridgehead atoms. The molecule has 0 radical (unpaired) electrons. The van der Waals surface area contributed by atoms with Crippen LogP contribution in [0.3, 0.4) is 0 Å². The van der Waals surface area contributed by atoms with Crippen LogP contribution in [0.15, 0.2) is 39.1 Å². The van der Waals surface area contributed by atoms with Crippen LogP contribution < -0.4 is 10.2 Å². The number of benzene rings is 2. The Bertz CT molecular complexity index is 1310. The molecule has 0 atom stereocenters. The van der Waals surface area contributed by atoms with Crippen molar-refractivity contribution in [1.82, 2.24) is 0 Å². The van der Waals surface area contributed by atoms with E-state index in [0.717, 1.165) is 12.0 Å². The Kier molecular flexibility index (Phi) is 4.53. The standard InChI is InChI=1S/C24H24O6/c1-5-12(2)6-7-14-21-13(10-11-24(3,4)30-21)19(27)18-20(28)17-15(25)8-9-16(26)23(17)29-22(14)18/h6,8-11,25-27H,5,7H2,1-4H3. The van der Waals surface area contributed by atoms with Gasteiger partial charge in [0.15, 0.2) is 11.3 Å². The first-order valence-electron chi connectivity index (χ1n) is 9.87. The molecule has 0 unspecified atom stereocenters. The fraction of sp³-hybridized carbons (Fsp3) is 0.292. The number of hydrogen-bond acceptors (Lipinski definition) is 6. The zero-order valence-electron chi connectivity index (χ0n) is 17.4. The van der Waals surface area contributed by atoms with Gasteiger partial charge in [-0.25, -0.2) is 0 Å². The van der Waals surface area contributed by atoms with Crippen LogP contribution in [0, 0.1) is 0 Å². The van der Waals surface area contributed by atoms with Crippen molar-refractivity contribution in [2.75, 3.05) is 0 Å². The summed E-state index contributed by atoms with van der Waals surface area (Å²) in [7, 11) is 0. The smallest absolute Gasteiger partial charge is 0.208 e. The molecule has 6 heteroatoms. The molecule has 0 saturated carbocycles. The fourth-order valence-corrected chi connectivity index (χ4v) is 3.66. The molecule has 2 aromatic carbocycles. The second-order valence-electron chi connectivity index (χ2n) is 8.16. The molecule has 6 nitrogen and oxygen atoms in total. The quantitative estimate of drug-likeness (QED) is 0.315. The Morgan fingerprint density at radius 3 is 2.50 bits per heavy atom. The van der Waals surface area contributed by atoms with Crippen molar-refractivity contribution in [2.45, 2.75) is 46.1 Å². The van der Waals surface area contributed by atoms with E-state index in [1.54, 1.807) is 6.08 Å². The highest BCUT2D eigenvalue weighted by molar-refractivity contribution is 6.02. The first kappa shape index (κ1) is 19.9. The minimum Gasteiger partial charge on any atom is -0.507 e. The summed E-state index contributed by atoms with van der Waals surface area (Å²) in [6, 6.07) is 2.48. The van der Waals surface area contributed by atoms with Gasteiger partial charge >= 0.3 is 0 Å². The summed E-state index contributed by atoms with van der Waals surface area (Å²) in [6.07, 6.45) is 6.85. The zero-order chi connectivity index (χ0) is 21.8. The van der Waals surface area contributed by atoms with Crippen LogP contribution in [-0.2, 0) is 6.42 Å². The third-order valence-corrected chi connectivity index (χ3v) is 5.51. The number of phenols is 3. The normalized spacial score (nSPS) is 15.4. The van der Waals surface area contributed by atoms with E-state index in [4.69, 9.17) is 9.15 Å². The molecule has 3 aromatic rings. The monoisotopic (exact) mass is 408 g/mol. The summed E-state index contributed by atoms with van der Waals surface area (Å²) in [5.74, 6) is -0.432. The van der Waals surface area contributed by atoms with Gasteiger partial charge in [0.1, 0.15) is 39.2 Å². The highest BCUT2D eigenvalue weighted by atomic mass is 16.5. The van der Waals surface area contributed by atoms with Crippen LogP contribution in [-0.4, -0.2) is 20.9 Å². The molecule has 0 spiro atoms. The lowest BCUT2D eigenvalue weighted by molar-refractivity contribution is 0.157. The average Bonchev–Trinajstić information content (AvgIpc) is 2.69. The average molecular weight is 408 g/mol. The maximum Gasteiger partial charge on any atom is 0.208 e. The Morgan fingerprint density at radius 1 is 1.10 bits per heavy atom. The van der Waals surface area contributed by atoms with Gasteiger partial charge in [-0.2, -0.15) is 0 Å². The van der Waals surface area contributed by atoms with Crippen LogP contribution in [0.25, 0.3) is 28.0 Å². The molecule has 1 aliphatic heterocycles. The third kappa shape index (κ3) is 3.00. The van der Waals surface area contributed by atoms with Crippen molar-refractivity contribution in [3.05, 3.63) is 51.2 Å². The van der Waals surface area contributed by atoms with Crippen LogP contribution in [0.2, 0.25) is 0 Å². The lowest BCUT2D eigenvalue weighted by Gasteiger charge is -2.30. The van der Waals surface area contributed by atoms with Gasteiger partial charge in [0.05, 0.1) is 5.56 Å². The fourth-order valence-electron chi connectivity index (χ4n) is 3.66. The van der Waals surface area contributed by atoms with Crippen molar-refractivity contribution < 1.29 is 24.5 Å². The number of fused-ring (bicyclic) bond motifs is 3. The second-order valence-corrected chi connectivity index (χ2v) is 8.16. The number of hydrogen-bond donors (Lipinski definition) is 3. The van der Waals surface area contributed by atoms with Crippen LogP contribution >= 0.6 is 0 Å². The van der Waals surface area contributed by atoms with Crippen LogP contribution in [0.4, 0.5) is 0 Å². The minimum atomic E-state index is -0.615. The van der Waals surface area contributed by atoms with Gasteiger partial charge in [-0.05, 0) is 57.9 Å². The third-order valence-electron chi connectivity index (χ3n) is 5.51. The zero-order valence-corrected chi connectivity index (χ0v) is 17.4. The largest absolute Gasteiger partial charge is 0.507 e. The second kappa shape index (κ2) is 6.83. The molecular formula is C24H24O6. The Hall–Kier alpha value is -3.41. The topological polar surface area (TPSA) is 100 Å². The summed E-state index contributed by atoms with van der Waals surface area (Å²) in [5, 5.41) is 31.2. The van der Waals surface area contributed by atoms with Crippen LogP contribution in [0.1, 0.15) is 45.2 Å². The van der Waals surface area contributed by atoms with Gasteiger partial charge in [0.2, 0.25) is 5.43 Å². The first-order chi connectivity index (χ1) is 14.1. The molecule has 2 heterocycles. The molecule has 0 fully saturated rings. The number of ether oxygens (including phenoxy) is 1. The SMILES string of the molecule is CCC(C)=CCc1c2c(c(O)c3c(=O)c4c(O)ccc(O)c4oc13)C=CC(C)(C)O2. The van der Waals surface area contributed by atoms with Crippen molar-refractivity contribution in [3.63, 3.8) is 0 Å². The van der Waals surface area contributed by atoms with Gasteiger partial charge in [0.25, 0.3) is 0 Å². The summed E-state index contributed by atoms with van der Waals surface area (Å²) in [5.41, 5.74) is 0.930. The van der Waals surface area contributed by atoms with Gasteiger partial charge in [-0.15, -0.1) is 0 Å². The van der Waals surface area contributed by atoms with E-state index in [2.05, 4.69) is 0 Å². The molecule has 0 aliphatic carbocycles. The number of aromatic hydroxyl groups is 3. The van der Waals surface area contributed by atoms with Gasteiger partial charge in [-0.3, -0.25) is 4.79 Å². The van der Waals surface area contributed by atoms with Gasteiger partial charge < -0.3 is 24.5 Å². The lowest BCUT2D eigenvalue weighted by atomic mass is 9.94. The molecular weight excluding hydrogens is 384 g/mol. The van der Waals surface area contributed by atoms with E-state index in [9.17, 15) is 20.1 Å². The van der Waals surface area contributed by atoms with E-state index in [1.165, 1.54) is 12.1 Å². The summed E-state index contributed by atoms with van der Waals surface area (Å²) >= 11 is 0. The predicted octanol–water partition coefficient (Wildman–Crippen LogP) is 5.15. The van der Waals surface area contributed by atoms with Gasteiger partial charge in [-0.1, -0.05) is 18.6 Å². The number of phenolic OH excluding ortho intramolecular Hbond substituents is 3. The number of allylic oxidation sites excluding steroid dienone is 2. The maximum atomic E-state index is 13.3. The summed E-state index contributed by atoms with van der Waals surface area (Å²) in [6.45, 7) is 7.85. The summed E-state index contributed by atoms with van der Waals surface area (Å²) in [4.78, 5) is 13.3. The minimum absolute atomic E-state index is 0.0485. The predicted molar refractivity (Wildman–Crippen MR) is 116 cm³/mol. The Morgan fingerprint density at radius 2 is 1.80 bits per heavy atom. The molecule has 1 aromatic heterocycles. The molecule has 3 N–H and O–H groups in total. The van der Waals surface area contributed by atoms with Gasteiger partial charge in [0, 0.05) is 5.56 Å². The molecule has 30 heavy (non-hydrogen) atoms. The van der Waals surface area contributed by atoms with E-state index >= 15 is 0 Å². The van der Waals surface area contributed by atoms with E-state index in [0.29, 0.717) is 23.3 Å². The highest BCUT2D eigenvalue weighted by Gasteiger charge is 2.31. The van der Waals surface area contributed by atoms with Crippen molar-refractivity contribution >= 4 is 28.0 Å². The summed E-state index contributed by atoms with van der Waals surface area (Å²) < 4.78 is 12.1. The first-order valence-corrected chi connectivity index (χ1v) is 9.87. The maximum absolute atomic E-state index is 13.3. The van der Waals surface area contributed by atoms with Crippen LogP contribution in [0.5, 0.6) is 23.0 Å². The molecule has 0 saturated heterocycles. The van der Waals surface area contributed by atoms with E-state index in [-0.39, 0.29) is 39.2 Å². The van der Waals surface area contributed by atoms with E-state index < -0.39 is 11.0 Å². The van der Waals surface area contributed by atoms with Crippen molar-refractivity contribution in [2.24, 2.45) is 0 Å². The van der Waals surface area contributed by atoms with E-state index in [1.807, 2.05) is 39.8 Å². The Labute approximate surface area is 173 Å². The highest BCUT2D eigenvalue weighted by Crippen LogP contribution is 2.46. The number of rotatable bonds is 3.